The van der Waals surface area contributed by atoms with Crippen LogP contribution in [-0.2, 0) is 101 Å². The van der Waals surface area contributed by atoms with E-state index in [4.69, 9.17) is 16.5 Å². The maximum Gasteiger partial charge on any atom is 0.161 e. The van der Waals surface area contributed by atoms with E-state index in [-0.39, 0.29) is 130 Å². The molecule has 17 heteroatoms. The molecule has 0 unspecified atom stereocenters. The van der Waals surface area contributed by atoms with Crippen LogP contribution in [0, 0.1) is 127 Å². The second kappa shape index (κ2) is 48.0. The number of rotatable bonds is 12. The fourth-order valence-corrected chi connectivity index (χ4v) is 23.5. The van der Waals surface area contributed by atoms with E-state index in [2.05, 4.69) is 393 Å². The fourth-order valence-electron chi connectivity index (χ4n) is 18.8. The summed E-state index contributed by atoms with van der Waals surface area (Å²) in [5.74, 6) is 2.62. The molecule has 697 valence electrons. The quantitative estimate of drug-likeness (QED) is 0.0526. The van der Waals surface area contributed by atoms with Crippen molar-refractivity contribution in [1.29, 1.82) is 0 Å². The predicted octanol–water partition coefficient (Wildman–Crippen LogP) is 27.7. The second-order valence-electron chi connectivity index (χ2n) is 32.9. The van der Waals surface area contributed by atoms with Gasteiger partial charge in [-0.3, -0.25) is 29.8 Å². The Kier molecular flexibility index (Phi) is 38.5. The summed E-state index contributed by atoms with van der Waals surface area (Å²) in [5.41, 5.74) is 30.8. The van der Waals surface area contributed by atoms with Crippen molar-refractivity contribution in [2.75, 3.05) is 0 Å². The number of fused-ring (bicyclic) bond motifs is 12. The molecule has 0 saturated heterocycles. The minimum Gasteiger partial charge on any atom is -0.340 e. The standard InChI is InChI=1S/C36H31N2Si.C25H21N2.C19H16N3.C19H17N2.C16H11N2.4CH4.5Ir/c1-27-24-28(2)35(29(3)25-27)38-23-22-37-36(38)30-14-13-21-34(26-30)39(31-15-7-4-8-16-31,32-17-9-5-10-18-32)33-19-11-6-12-20-33;1-15-9-10-20-19-7-5-6-8-21(19)25-26-14-23(27(25)22(20)13-15)24-17(3)11-16(2)12-18(24)4;1-13-10-14(2)18(15(3)11-13)22-9-8-21-19(22)16-6-5-7-17(12-16)20-4;1-4-16-12-14(2)18(15(3)13-16)21-11-10-20-19(21)17-8-6-5-7-9-17;1-11-10-18-15-9-5-4-7-13(15)12-6-2-3-8-14(12)16(18)17-11;;;;;;;;;/h4-13,15-26H,1-3H3;5-7,9-14H,1-4H3;5,7-12H,1-3H3;4-8,10-13H,1H2,2-3H3;2-7,9-10H,1H3;4*1H4;;;;;/q5*-1;;;;;;;;;. The Morgan fingerprint density at radius 2 is 0.765 bits per heavy atom. The second-order valence-corrected chi connectivity index (χ2v) is 36.7. The van der Waals surface area contributed by atoms with Crippen LogP contribution < -0.4 is 20.7 Å². The molecular weight excluding hydrogens is 2570 g/mol. The van der Waals surface area contributed by atoms with E-state index in [9.17, 15) is 0 Å². The summed E-state index contributed by atoms with van der Waals surface area (Å²) in [5, 5.41) is 12.4. The first-order valence-corrected chi connectivity index (χ1v) is 44.8. The Balaban J connectivity index is 0.000000211. The van der Waals surface area contributed by atoms with Crippen molar-refractivity contribution in [3.05, 3.63) is 455 Å². The third kappa shape index (κ3) is 21.9. The van der Waals surface area contributed by atoms with Crippen molar-refractivity contribution >= 4 is 95.2 Å². The predicted molar refractivity (Wildman–Crippen MR) is 555 cm³/mol. The van der Waals surface area contributed by atoms with Gasteiger partial charge in [-0.25, -0.2) is 0 Å². The molecule has 0 aliphatic rings. The SMILES string of the molecule is C.C.C.C.C=Cc1cc(C)c(-n2ccnc2-c2[c-]cccc2)c(C)c1.Cc1cc(C)c(-c2cnc3c4[c-]cccc4c4ccc(C)cc4n23)c(C)c1.Cc1cc(C)c(-n2ccnc2-c2[c-]ccc([Si](c3ccccc3)(c3ccccc3)c3ccccc3)c2)c(C)c1.Cc1cn2c3ccccc3c3ccc[c-]c3c2n1.[C-]#[N+]c1cc[c-]c(-c2nccn2-c2c(C)cc(C)cc2C)c1.[Ir].[Ir].[Ir].[Ir].[Ir]. The van der Waals surface area contributed by atoms with Crippen LogP contribution in [0.25, 0.3) is 128 Å². The number of benzene rings is 14. The molecule has 0 aliphatic heterocycles. The summed E-state index contributed by atoms with van der Waals surface area (Å²) in [6.07, 6.45) is 17.5. The fraction of sp³-hybridized carbons (Fsp3) is 0.143. The van der Waals surface area contributed by atoms with Crippen molar-refractivity contribution in [3.8, 4) is 62.5 Å². The van der Waals surface area contributed by atoms with E-state index in [1.165, 1.54) is 137 Å². The van der Waals surface area contributed by atoms with Crippen molar-refractivity contribution in [3.63, 3.8) is 0 Å². The largest absolute Gasteiger partial charge is 0.340 e. The summed E-state index contributed by atoms with van der Waals surface area (Å²) in [6.45, 7) is 38.8. The molecule has 0 amide bonds. The van der Waals surface area contributed by atoms with Crippen LogP contribution in [-0.4, -0.2) is 55.5 Å². The molecule has 0 atom stereocenters. The molecule has 136 heavy (non-hydrogen) atoms. The van der Waals surface area contributed by atoms with Gasteiger partial charge in [0.2, 0.25) is 0 Å². The molecule has 0 bridgehead atoms. The third-order valence-electron chi connectivity index (χ3n) is 23.7. The number of hydrogen-bond donors (Lipinski definition) is 0. The minimum atomic E-state index is -2.63. The number of aromatic nitrogens is 10. The van der Waals surface area contributed by atoms with Gasteiger partial charge in [-0.05, 0) is 196 Å². The van der Waals surface area contributed by atoms with Crippen molar-refractivity contribution < 1.29 is 101 Å². The first-order valence-electron chi connectivity index (χ1n) is 42.8. The first-order chi connectivity index (χ1) is 61.8. The molecule has 5 radical (unpaired) electrons. The molecule has 0 saturated carbocycles. The topological polar surface area (TPSA) is 92.4 Å². The van der Waals surface area contributed by atoms with Gasteiger partial charge in [-0.2, -0.15) is 6.07 Å². The van der Waals surface area contributed by atoms with E-state index >= 15 is 0 Å². The maximum absolute atomic E-state index is 7.16. The molecular formula is C119H112Ir5N11Si-5. The third-order valence-corrected chi connectivity index (χ3v) is 28.5. The van der Waals surface area contributed by atoms with Crippen LogP contribution in [0.4, 0.5) is 5.69 Å². The monoisotopic (exact) mass is 2690 g/mol. The molecule has 0 N–H and O–H groups in total. The Morgan fingerprint density at radius 3 is 1.24 bits per heavy atom. The number of imidazole rings is 5. The number of nitrogens with zero attached hydrogens (tertiary/aromatic N) is 11. The van der Waals surface area contributed by atoms with Gasteiger partial charge in [0.1, 0.15) is 5.69 Å². The number of aryl methyl sites for hydroxylation is 13. The van der Waals surface area contributed by atoms with Gasteiger partial charge in [0, 0.05) is 189 Å². The van der Waals surface area contributed by atoms with Gasteiger partial charge >= 0.3 is 0 Å². The van der Waals surface area contributed by atoms with Gasteiger partial charge in [0.25, 0.3) is 0 Å². The molecule has 11 nitrogen and oxygen atoms in total. The van der Waals surface area contributed by atoms with Gasteiger partial charge in [0.05, 0.1) is 41.0 Å². The number of hydrogen-bond acceptors (Lipinski definition) is 5. The maximum atomic E-state index is 7.16. The van der Waals surface area contributed by atoms with Crippen LogP contribution in [0.5, 0.6) is 0 Å². The Hall–Kier alpha value is -12.2. The summed E-state index contributed by atoms with van der Waals surface area (Å²) in [6, 6.07) is 115. The van der Waals surface area contributed by atoms with E-state index < -0.39 is 8.07 Å². The average molecular weight is 2690 g/mol. The molecule has 0 aliphatic carbocycles. The smallest absolute Gasteiger partial charge is 0.161 e. The van der Waals surface area contributed by atoms with Gasteiger partial charge in [0.15, 0.2) is 8.07 Å². The molecule has 7 aromatic heterocycles. The Morgan fingerprint density at radius 1 is 0.353 bits per heavy atom. The van der Waals surface area contributed by atoms with Gasteiger partial charge in [-0.15, -0.1) is 154 Å². The molecule has 21 rings (SSSR count). The van der Waals surface area contributed by atoms with E-state index in [1.54, 1.807) is 18.3 Å². The summed E-state index contributed by atoms with van der Waals surface area (Å²) >= 11 is 0. The summed E-state index contributed by atoms with van der Waals surface area (Å²) in [4.78, 5) is 26.8. The molecule has 0 spiro atoms. The van der Waals surface area contributed by atoms with Gasteiger partial charge in [-0.1, -0.05) is 228 Å². The molecule has 0 fully saturated rings. The molecule has 21 aromatic rings. The zero-order chi connectivity index (χ0) is 88.1. The zero-order valence-electron chi connectivity index (χ0n) is 75.5. The molecule has 14 aromatic carbocycles. The Labute approximate surface area is 872 Å². The van der Waals surface area contributed by atoms with Crippen molar-refractivity contribution in [2.45, 2.75) is 120 Å². The number of para-hydroxylation sites is 1. The van der Waals surface area contributed by atoms with E-state index in [0.29, 0.717) is 5.69 Å². The van der Waals surface area contributed by atoms with E-state index in [1.807, 2.05) is 92.5 Å². The van der Waals surface area contributed by atoms with Crippen LogP contribution in [0.3, 0.4) is 0 Å². The average Bonchev–Trinajstić information content (AvgIpc) is 1.52. The van der Waals surface area contributed by atoms with Crippen molar-refractivity contribution in [1.82, 2.24) is 47.4 Å². The van der Waals surface area contributed by atoms with E-state index in [0.717, 1.165) is 78.9 Å². The van der Waals surface area contributed by atoms with Crippen LogP contribution in [0.1, 0.15) is 108 Å². The zero-order valence-corrected chi connectivity index (χ0v) is 88.5. The van der Waals surface area contributed by atoms with Crippen LogP contribution in [0.15, 0.2) is 335 Å². The normalized spacial score (nSPS) is 10.5. The van der Waals surface area contributed by atoms with Crippen LogP contribution in [0.2, 0.25) is 0 Å². The van der Waals surface area contributed by atoms with Crippen LogP contribution >= 0.6 is 0 Å². The number of pyridine rings is 2. The first kappa shape index (κ1) is 109. The summed E-state index contributed by atoms with van der Waals surface area (Å²) < 4.78 is 10.9. The van der Waals surface area contributed by atoms with Gasteiger partial charge < -0.3 is 22.5 Å². The molecule has 7 heterocycles. The van der Waals surface area contributed by atoms with Crippen molar-refractivity contribution in [2.24, 2.45) is 0 Å². The summed E-state index contributed by atoms with van der Waals surface area (Å²) in [7, 11) is -2.63. The minimum absolute atomic E-state index is 0. The Bertz CT molecular complexity index is 7480.